The predicted molar refractivity (Wildman–Crippen MR) is 133 cm³/mol. The van der Waals surface area contributed by atoms with E-state index >= 15 is 0 Å². The number of hydrogen-bond donors (Lipinski definition) is 1. The highest BCUT2D eigenvalue weighted by atomic mass is 16.1. The molecule has 1 aromatic heterocycles. The lowest BCUT2D eigenvalue weighted by Gasteiger charge is -2.37. The van der Waals surface area contributed by atoms with Crippen LogP contribution in [0.4, 0.5) is 11.4 Å². The van der Waals surface area contributed by atoms with Gasteiger partial charge in [-0.2, -0.15) is 0 Å². The Labute approximate surface area is 190 Å². The maximum absolute atomic E-state index is 13.4. The fraction of sp³-hybridized carbons (Fsp3) is 0.357. The van der Waals surface area contributed by atoms with Gasteiger partial charge in [0.05, 0.1) is 11.6 Å². The second-order valence-corrected chi connectivity index (χ2v) is 9.18. The van der Waals surface area contributed by atoms with Gasteiger partial charge in [-0.15, -0.1) is 0 Å². The number of nitrogens with one attached hydrogen (secondary N) is 1. The highest BCUT2D eigenvalue weighted by Crippen LogP contribution is 2.49. The Kier molecular flexibility index (Phi) is 5.24. The number of anilines is 2. The summed E-state index contributed by atoms with van der Waals surface area (Å²) >= 11 is 0. The van der Waals surface area contributed by atoms with E-state index in [0.717, 1.165) is 41.9 Å². The maximum Gasteiger partial charge on any atom is 0.161 e. The first kappa shape index (κ1) is 20.7. The third-order valence-electron chi connectivity index (χ3n) is 7.07. The van der Waals surface area contributed by atoms with E-state index in [1.807, 2.05) is 6.20 Å². The molecular formula is C28H31N3O. The Morgan fingerprint density at radius 1 is 1.03 bits per heavy atom. The number of Topliss-reactive ketones (excluding diaryl/α,β-unsaturated/α-hetero) is 1. The van der Waals surface area contributed by atoms with Crippen molar-refractivity contribution in [2.45, 2.75) is 46.6 Å². The van der Waals surface area contributed by atoms with Crippen LogP contribution in [-0.2, 0) is 4.79 Å². The zero-order valence-electron chi connectivity index (χ0n) is 19.4. The van der Waals surface area contributed by atoms with Crippen LogP contribution in [0.25, 0.3) is 16.5 Å². The van der Waals surface area contributed by atoms with Gasteiger partial charge in [0.25, 0.3) is 0 Å². The summed E-state index contributed by atoms with van der Waals surface area (Å²) in [7, 11) is 0. The molecule has 4 heteroatoms. The monoisotopic (exact) mass is 425 g/mol. The van der Waals surface area contributed by atoms with Gasteiger partial charge < -0.3 is 10.2 Å². The van der Waals surface area contributed by atoms with E-state index in [2.05, 4.69) is 85.4 Å². The number of rotatable bonds is 4. The molecule has 0 amide bonds. The van der Waals surface area contributed by atoms with Gasteiger partial charge in [-0.25, -0.2) is 0 Å². The van der Waals surface area contributed by atoms with Crippen LogP contribution >= 0.6 is 0 Å². The maximum atomic E-state index is 13.4. The molecule has 1 aliphatic heterocycles. The summed E-state index contributed by atoms with van der Waals surface area (Å²) in [5, 5.41) is 4.90. The van der Waals surface area contributed by atoms with E-state index in [-0.39, 0.29) is 11.8 Å². The molecule has 0 saturated carbocycles. The minimum atomic E-state index is -0.113. The lowest BCUT2D eigenvalue weighted by atomic mass is 9.73. The van der Waals surface area contributed by atoms with Crippen molar-refractivity contribution in [1.29, 1.82) is 0 Å². The van der Waals surface area contributed by atoms with Gasteiger partial charge in [0, 0.05) is 53.6 Å². The third kappa shape index (κ3) is 3.29. The summed E-state index contributed by atoms with van der Waals surface area (Å²) in [4.78, 5) is 20.3. The van der Waals surface area contributed by atoms with E-state index in [9.17, 15) is 4.79 Å². The van der Waals surface area contributed by atoms with Gasteiger partial charge in [0.1, 0.15) is 0 Å². The number of carbonyl (C=O) groups is 1. The number of carbonyl (C=O) groups excluding carboxylic acids is 1. The van der Waals surface area contributed by atoms with E-state index in [1.165, 1.54) is 27.8 Å². The van der Waals surface area contributed by atoms with Gasteiger partial charge in [0.2, 0.25) is 0 Å². The first-order valence-electron chi connectivity index (χ1n) is 11.8. The molecule has 0 fully saturated rings. The predicted octanol–water partition coefficient (Wildman–Crippen LogP) is 6.31. The molecule has 0 saturated heterocycles. The molecule has 2 aromatic carbocycles. The number of ketones is 1. The topological polar surface area (TPSA) is 45.2 Å². The molecule has 164 valence electrons. The molecule has 0 bridgehead atoms. The molecule has 32 heavy (non-hydrogen) atoms. The van der Waals surface area contributed by atoms with Crippen molar-refractivity contribution in [3.8, 4) is 0 Å². The first-order chi connectivity index (χ1) is 15.5. The summed E-state index contributed by atoms with van der Waals surface area (Å²) < 4.78 is 0. The summed E-state index contributed by atoms with van der Waals surface area (Å²) in [6.07, 6.45) is 3.41. The highest BCUT2D eigenvalue weighted by molar-refractivity contribution is 6.12. The third-order valence-corrected chi connectivity index (χ3v) is 7.07. The molecule has 0 radical (unpaired) electrons. The Bertz CT molecular complexity index is 1220. The Morgan fingerprint density at radius 3 is 2.50 bits per heavy atom. The minimum Gasteiger partial charge on any atom is -0.373 e. The minimum absolute atomic E-state index is 0.113. The molecule has 2 heterocycles. The van der Waals surface area contributed by atoms with Crippen molar-refractivity contribution >= 4 is 33.6 Å². The average Bonchev–Trinajstić information content (AvgIpc) is 2.79. The molecule has 5 rings (SSSR count). The highest BCUT2D eigenvalue weighted by Gasteiger charge is 2.37. The second kappa shape index (κ2) is 8.09. The standard InChI is InChI=1S/C28H31N3O/c1-5-31(6-2)20-9-7-19(8-10-20)28-27-21(15-17(3)16-24(27)32)26-23(30-28)12-11-22-25(26)18(4)13-14-29-22/h7-14,17,28,30H,5-6,15-16H2,1-4H3. The molecule has 1 aliphatic carbocycles. The van der Waals surface area contributed by atoms with Gasteiger partial charge >= 0.3 is 0 Å². The van der Waals surface area contributed by atoms with E-state index in [1.54, 1.807) is 0 Å². The molecule has 2 unspecified atom stereocenters. The molecule has 2 aliphatic rings. The van der Waals surface area contributed by atoms with Crippen LogP contribution in [0.15, 0.2) is 54.2 Å². The lowest BCUT2D eigenvalue weighted by molar-refractivity contribution is -0.116. The van der Waals surface area contributed by atoms with Crippen molar-refractivity contribution in [1.82, 2.24) is 4.98 Å². The van der Waals surface area contributed by atoms with Crippen LogP contribution in [0.1, 0.15) is 56.3 Å². The van der Waals surface area contributed by atoms with Crippen molar-refractivity contribution in [2.24, 2.45) is 5.92 Å². The molecule has 4 nitrogen and oxygen atoms in total. The number of hydrogen-bond acceptors (Lipinski definition) is 4. The Morgan fingerprint density at radius 2 is 1.78 bits per heavy atom. The van der Waals surface area contributed by atoms with Crippen molar-refractivity contribution in [3.63, 3.8) is 0 Å². The number of pyridine rings is 1. The fourth-order valence-corrected chi connectivity index (χ4v) is 5.49. The van der Waals surface area contributed by atoms with Gasteiger partial charge in [-0.05, 0) is 80.1 Å². The number of aryl methyl sites for hydroxylation is 1. The van der Waals surface area contributed by atoms with Crippen LogP contribution < -0.4 is 10.2 Å². The summed E-state index contributed by atoms with van der Waals surface area (Å²) in [5.74, 6) is 0.624. The van der Waals surface area contributed by atoms with Gasteiger partial charge in [-0.1, -0.05) is 19.1 Å². The van der Waals surface area contributed by atoms with E-state index < -0.39 is 0 Å². The zero-order chi connectivity index (χ0) is 22.4. The van der Waals surface area contributed by atoms with Crippen LogP contribution in [-0.4, -0.2) is 23.9 Å². The normalized spacial score (nSPS) is 20.1. The van der Waals surface area contributed by atoms with Gasteiger partial charge in [-0.3, -0.25) is 9.78 Å². The summed E-state index contributed by atoms with van der Waals surface area (Å²) in [6.45, 7) is 10.6. The molecule has 3 aromatic rings. The zero-order valence-corrected chi connectivity index (χ0v) is 19.4. The molecular weight excluding hydrogens is 394 g/mol. The number of allylic oxidation sites excluding steroid dienone is 1. The average molecular weight is 426 g/mol. The van der Waals surface area contributed by atoms with Crippen molar-refractivity contribution in [2.75, 3.05) is 23.3 Å². The van der Waals surface area contributed by atoms with Crippen molar-refractivity contribution < 1.29 is 4.79 Å². The largest absolute Gasteiger partial charge is 0.373 e. The van der Waals surface area contributed by atoms with E-state index in [0.29, 0.717) is 12.3 Å². The first-order valence-corrected chi connectivity index (χ1v) is 11.8. The van der Waals surface area contributed by atoms with Crippen molar-refractivity contribution in [3.05, 3.63) is 70.9 Å². The van der Waals surface area contributed by atoms with Crippen LogP contribution in [0, 0.1) is 12.8 Å². The number of fused-ring (bicyclic) bond motifs is 4. The SMILES string of the molecule is CCN(CC)c1ccc(C2Nc3ccc4nccc(C)c4c3C3=C2C(=O)CC(C)C3)cc1. The molecule has 1 N–H and O–H groups in total. The quantitative estimate of drug-likeness (QED) is 0.532. The molecule has 2 atom stereocenters. The fourth-order valence-electron chi connectivity index (χ4n) is 5.49. The number of aromatic nitrogens is 1. The number of benzene rings is 2. The number of nitrogens with zero attached hydrogens (tertiary/aromatic N) is 2. The lowest BCUT2D eigenvalue weighted by Crippen LogP contribution is -2.29. The van der Waals surface area contributed by atoms with E-state index in [4.69, 9.17) is 0 Å². The Balaban J connectivity index is 1.68. The van der Waals surface area contributed by atoms with Crippen LogP contribution in [0.2, 0.25) is 0 Å². The smallest absolute Gasteiger partial charge is 0.161 e. The summed E-state index contributed by atoms with van der Waals surface area (Å²) in [5.41, 5.74) is 9.00. The summed E-state index contributed by atoms with van der Waals surface area (Å²) in [6, 6.07) is 14.9. The Hall–Kier alpha value is -3.14. The second-order valence-electron chi connectivity index (χ2n) is 9.18. The van der Waals surface area contributed by atoms with Crippen LogP contribution in [0.3, 0.4) is 0 Å². The van der Waals surface area contributed by atoms with Gasteiger partial charge in [0.15, 0.2) is 5.78 Å². The molecule has 0 spiro atoms. The van der Waals surface area contributed by atoms with Crippen LogP contribution in [0.5, 0.6) is 0 Å².